The molecule has 0 aliphatic carbocycles. The Morgan fingerprint density at radius 3 is 2.31 bits per heavy atom. The van der Waals surface area contributed by atoms with Crippen LogP contribution in [0.1, 0.15) is 46.0 Å². The SMILES string of the molecule is CC(Cc1c(F)c(F)cc(F)c1F)Nc1cc[nH]c(=O)c1-c1nc2cc3c(cc2[nH]1)C(=O)N(C1CCN(C)CC1)C3=O. The molecule has 4 heterocycles. The number of nitrogens with zero attached hydrogens (tertiary/aromatic N) is 3. The molecular formula is C29H26F4N6O3. The third-order valence-corrected chi connectivity index (χ3v) is 7.89. The van der Waals surface area contributed by atoms with Gasteiger partial charge in [-0.15, -0.1) is 0 Å². The van der Waals surface area contributed by atoms with Gasteiger partial charge in [0.15, 0.2) is 23.3 Å². The van der Waals surface area contributed by atoms with Crippen molar-refractivity contribution in [1.82, 2.24) is 24.8 Å². The number of carbonyl (C=O) groups excluding carboxylic acids is 2. The van der Waals surface area contributed by atoms with Gasteiger partial charge in [-0.25, -0.2) is 22.5 Å². The van der Waals surface area contributed by atoms with Gasteiger partial charge in [0.25, 0.3) is 17.4 Å². The molecule has 9 nitrogen and oxygen atoms in total. The number of aromatic amines is 2. The fourth-order valence-electron chi connectivity index (χ4n) is 5.72. The first kappa shape index (κ1) is 27.6. The Bertz CT molecular complexity index is 1730. The molecule has 2 aliphatic rings. The number of halogens is 4. The topological polar surface area (TPSA) is 114 Å². The zero-order valence-corrected chi connectivity index (χ0v) is 22.7. The van der Waals surface area contributed by atoms with Crippen molar-refractivity contribution >= 4 is 28.5 Å². The van der Waals surface area contributed by atoms with Gasteiger partial charge in [0.05, 0.1) is 27.8 Å². The molecule has 42 heavy (non-hydrogen) atoms. The summed E-state index contributed by atoms with van der Waals surface area (Å²) in [4.78, 5) is 53.0. The van der Waals surface area contributed by atoms with E-state index in [1.807, 2.05) is 7.05 Å². The first-order valence-corrected chi connectivity index (χ1v) is 13.4. The maximum absolute atomic E-state index is 14.2. The van der Waals surface area contributed by atoms with E-state index in [4.69, 9.17) is 0 Å². The average Bonchev–Trinajstić information content (AvgIpc) is 3.47. The number of likely N-dealkylation sites (tertiary alicyclic amines) is 1. The summed E-state index contributed by atoms with van der Waals surface area (Å²) in [5.41, 5.74) is 0.253. The summed E-state index contributed by atoms with van der Waals surface area (Å²) in [5.74, 6) is -6.62. The van der Waals surface area contributed by atoms with Crippen LogP contribution in [0.25, 0.3) is 22.4 Å². The number of amides is 2. The molecule has 2 aromatic heterocycles. The zero-order chi connectivity index (χ0) is 29.9. The molecule has 13 heteroatoms. The summed E-state index contributed by atoms with van der Waals surface area (Å²) in [5, 5.41) is 2.96. The number of anilines is 1. The third kappa shape index (κ3) is 4.63. The van der Waals surface area contributed by atoms with Gasteiger partial charge in [-0.3, -0.25) is 19.3 Å². The molecule has 6 rings (SSSR count). The number of fused-ring (bicyclic) bond motifs is 2. The predicted octanol–water partition coefficient (Wildman–Crippen LogP) is 4.21. The molecule has 0 spiro atoms. The lowest BCUT2D eigenvalue weighted by molar-refractivity contribution is 0.0516. The number of pyridine rings is 1. The smallest absolute Gasteiger partial charge is 0.261 e. The normalized spacial score (nSPS) is 16.9. The second kappa shape index (κ2) is 10.4. The van der Waals surface area contributed by atoms with Crippen molar-refractivity contribution in [2.45, 2.75) is 38.3 Å². The van der Waals surface area contributed by atoms with Crippen LogP contribution >= 0.6 is 0 Å². The van der Waals surface area contributed by atoms with Crippen molar-refractivity contribution in [2.75, 3.05) is 25.5 Å². The first-order chi connectivity index (χ1) is 20.0. The molecule has 2 amide bonds. The standard InChI is InChI=1S/C29H26F4N6O3/c1-13(9-17-24(32)18(30)12-19(31)25(17)33)35-20-3-6-34-27(40)23(20)26-36-21-10-15-16(11-22(21)37-26)29(42)39(28(15)41)14-4-7-38(2)8-5-14/h3,6,10-14H,4-5,7-9H2,1-2H3,(H,36,37)(H2,34,35,40). The van der Waals surface area contributed by atoms with Gasteiger partial charge in [-0.2, -0.15) is 0 Å². The van der Waals surface area contributed by atoms with Crippen molar-refractivity contribution in [3.63, 3.8) is 0 Å². The van der Waals surface area contributed by atoms with Gasteiger partial charge in [-0.1, -0.05) is 0 Å². The Morgan fingerprint density at radius 1 is 1.00 bits per heavy atom. The van der Waals surface area contributed by atoms with Crippen LogP contribution in [-0.4, -0.2) is 68.8 Å². The maximum Gasteiger partial charge on any atom is 0.261 e. The quantitative estimate of drug-likeness (QED) is 0.178. The second-order valence-corrected chi connectivity index (χ2v) is 10.8. The summed E-state index contributed by atoms with van der Waals surface area (Å²) in [6, 6.07) is 3.77. The molecule has 1 unspecified atom stereocenters. The van der Waals surface area contributed by atoms with Crippen LogP contribution < -0.4 is 10.9 Å². The van der Waals surface area contributed by atoms with E-state index in [2.05, 4.69) is 25.2 Å². The lowest BCUT2D eigenvalue weighted by Crippen LogP contribution is -2.46. The largest absolute Gasteiger partial charge is 0.381 e. The van der Waals surface area contributed by atoms with Crippen LogP contribution in [0.4, 0.5) is 23.2 Å². The van der Waals surface area contributed by atoms with Crippen molar-refractivity contribution in [3.8, 4) is 11.4 Å². The molecule has 4 aromatic rings. The number of hydrogen-bond acceptors (Lipinski definition) is 6. The molecule has 0 saturated carbocycles. The number of piperidine rings is 1. The van der Waals surface area contributed by atoms with Crippen LogP contribution in [0.3, 0.4) is 0 Å². The number of imide groups is 1. The highest BCUT2D eigenvalue weighted by Gasteiger charge is 2.41. The van der Waals surface area contributed by atoms with Crippen LogP contribution in [0, 0.1) is 23.3 Å². The summed E-state index contributed by atoms with van der Waals surface area (Å²) in [6.45, 7) is 3.10. The monoisotopic (exact) mass is 582 g/mol. The molecule has 0 radical (unpaired) electrons. The number of rotatable bonds is 6. The fraction of sp³-hybridized carbons (Fsp3) is 0.310. The van der Waals surface area contributed by atoms with Crippen LogP contribution in [0.2, 0.25) is 0 Å². The number of aromatic nitrogens is 3. The van der Waals surface area contributed by atoms with E-state index in [9.17, 15) is 31.9 Å². The Hall–Kier alpha value is -4.52. The number of H-pyrrole nitrogens is 2. The molecule has 3 N–H and O–H groups in total. The Balaban J connectivity index is 1.30. The number of hydrogen-bond donors (Lipinski definition) is 3. The first-order valence-electron chi connectivity index (χ1n) is 13.4. The van der Waals surface area contributed by atoms with Crippen molar-refractivity contribution in [1.29, 1.82) is 0 Å². The van der Waals surface area contributed by atoms with Gasteiger partial charge in [0.1, 0.15) is 11.4 Å². The van der Waals surface area contributed by atoms with Gasteiger partial charge in [0.2, 0.25) is 0 Å². The molecule has 218 valence electrons. The van der Waals surface area contributed by atoms with E-state index < -0.39 is 46.9 Å². The lowest BCUT2D eigenvalue weighted by Gasteiger charge is -2.33. The summed E-state index contributed by atoms with van der Waals surface area (Å²) in [7, 11) is 2.00. The van der Waals surface area contributed by atoms with E-state index in [1.165, 1.54) is 30.2 Å². The van der Waals surface area contributed by atoms with Gasteiger partial charge in [0, 0.05) is 29.9 Å². The Morgan fingerprint density at radius 2 is 1.64 bits per heavy atom. The van der Waals surface area contributed by atoms with Crippen molar-refractivity contribution in [3.05, 3.63) is 80.8 Å². The summed E-state index contributed by atoms with van der Waals surface area (Å²) in [6.07, 6.45) is 2.32. The minimum atomic E-state index is -1.51. The molecule has 2 aromatic carbocycles. The maximum atomic E-state index is 14.2. The molecule has 2 aliphatic heterocycles. The Labute approximate surface area is 236 Å². The molecule has 1 atom stereocenters. The highest BCUT2D eigenvalue weighted by atomic mass is 19.2. The van der Waals surface area contributed by atoms with Crippen molar-refractivity contribution < 1.29 is 27.2 Å². The number of carbonyl (C=O) groups is 2. The van der Waals surface area contributed by atoms with Gasteiger partial charge < -0.3 is 20.2 Å². The summed E-state index contributed by atoms with van der Waals surface area (Å²) >= 11 is 0. The van der Waals surface area contributed by atoms with E-state index in [1.54, 1.807) is 6.07 Å². The molecule has 0 bridgehead atoms. The van der Waals surface area contributed by atoms with Crippen LogP contribution in [0.5, 0.6) is 0 Å². The number of nitrogens with one attached hydrogen (secondary N) is 3. The molecule has 1 saturated heterocycles. The van der Waals surface area contributed by atoms with Crippen LogP contribution in [0.15, 0.2) is 35.3 Å². The highest BCUT2D eigenvalue weighted by Crippen LogP contribution is 2.33. The number of imidazole rings is 1. The van der Waals surface area contributed by atoms with Gasteiger partial charge >= 0.3 is 0 Å². The lowest BCUT2D eigenvalue weighted by atomic mass is 10.0. The van der Waals surface area contributed by atoms with Gasteiger partial charge in [-0.05, 0) is 64.5 Å². The van der Waals surface area contributed by atoms with E-state index in [0.717, 1.165) is 13.1 Å². The Kier molecular flexibility index (Phi) is 6.84. The van der Waals surface area contributed by atoms with Crippen molar-refractivity contribution in [2.24, 2.45) is 0 Å². The second-order valence-electron chi connectivity index (χ2n) is 10.8. The number of benzene rings is 2. The third-order valence-electron chi connectivity index (χ3n) is 7.89. The minimum Gasteiger partial charge on any atom is -0.381 e. The average molecular weight is 583 g/mol. The van der Waals surface area contributed by atoms with E-state index in [0.29, 0.717) is 23.9 Å². The predicted molar refractivity (Wildman–Crippen MR) is 146 cm³/mol. The fourth-order valence-corrected chi connectivity index (χ4v) is 5.72. The molecule has 1 fully saturated rings. The summed E-state index contributed by atoms with van der Waals surface area (Å²) < 4.78 is 55.9. The van der Waals surface area contributed by atoms with E-state index >= 15 is 0 Å². The van der Waals surface area contributed by atoms with Crippen LogP contribution in [-0.2, 0) is 6.42 Å². The zero-order valence-electron chi connectivity index (χ0n) is 22.7. The van der Waals surface area contributed by atoms with E-state index in [-0.39, 0.29) is 52.1 Å². The highest BCUT2D eigenvalue weighted by molar-refractivity contribution is 6.23. The minimum absolute atomic E-state index is 0.0534. The molecular weight excluding hydrogens is 556 g/mol.